The van der Waals surface area contributed by atoms with E-state index >= 15 is 0 Å². The monoisotopic (exact) mass is 249 g/mol. The molecule has 5 heteroatoms. The van der Waals surface area contributed by atoms with E-state index in [1.807, 2.05) is 6.92 Å². The molecule has 3 N–H and O–H groups in total. The number of alkyl halides is 1. The SMILES string of the molecule is CCOc1cccc([C@@H](N)CCF)c1O.Cl. The molecular formula is C11H17ClFNO2. The van der Waals surface area contributed by atoms with Gasteiger partial charge in [0.15, 0.2) is 11.5 Å². The fourth-order valence-electron chi connectivity index (χ4n) is 1.38. The minimum absolute atomic E-state index is 0. The zero-order valence-corrected chi connectivity index (χ0v) is 9.97. The molecule has 0 aliphatic rings. The molecule has 0 aliphatic carbocycles. The second kappa shape index (κ2) is 7.30. The number of rotatable bonds is 5. The second-order valence-corrected chi connectivity index (χ2v) is 3.21. The van der Waals surface area contributed by atoms with Gasteiger partial charge in [0.25, 0.3) is 0 Å². The maximum Gasteiger partial charge on any atom is 0.162 e. The number of para-hydroxylation sites is 1. The summed E-state index contributed by atoms with van der Waals surface area (Å²) in [6.45, 7) is 1.79. The molecule has 16 heavy (non-hydrogen) atoms. The van der Waals surface area contributed by atoms with Gasteiger partial charge in [0.05, 0.1) is 13.3 Å². The van der Waals surface area contributed by atoms with Gasteiger partial charge in [0.2, 0.25) is 0 Å². The Kier molecular flexibility index (Phi) is 6.85. The third-order valence-corrected chi connectivity index (χ3v) is 2.15. The second-order valence-electron chi connectivity index (χ2n) is 3.21. The molecule has 1 aromatic rings. The number of ether oxygens (including phenoxy) is 1. The fraction of sp³-hybridized carbons (Fsp3) is 0.455. The molecule has 0 bridgehead atoms. The van der Waals surface area contributed by atoms with Gasteiger partial charge in [-0.1, -0.05) is 12.1 Å². The molecule has 0 saturated carbocycles. The van der Waals surface area contributed by atoms with Crippen LogP contribution in [0.15, 0.2) is 18.2 Å². The number of phenolic OH excluding ortho intramolecular Hbond substituents is 1. The van der Waals surface area contributed by atoms with Gasteiger partial charge in [-0.05, 0) is 19.4 Å². The third kappa shape index (κ3) is 3.54. The molecule has 0 heterocycles. The summed E-state index contributed by atoms with van der Waals surface area (Å²) in [5, 5.41) is 9.79. The van der Waals surface area contributed by atoms with Crippen molar-refractivity contribution in [2.45, 2.75) is 19.4 Å². The highest BCUT2D eigenvalue weighted by atomic mass is 35.5. The van der Waals surface area contributed by atoms with Crippen molar-refractivity contribution in [3.63, 3.8) is 0 Å². The van der Waals surface area contributed by atoms with Crippen LogP contribution in [0.4, 0.5) is 4.39 Å². The summed E-state index contributed by atoms with van der Waals surface area (Å²) >= 11 is 0. The van der Waals surface area contributed by atoms with Crippen LogP contribution in [0.25, 0.3) is 0 Å². The van der Waals surface area contributed by atoms with Crippen LogP contribution >= 0.6 is 12.4 Å². The van der Waals surface area contributed by atoms with Crippen molar-refractivity contribution in [1.82, 2.24) is 0 Å². The van der Waals surface area contributed by atoms with Crippen molar-refractivity contribution in [1.29, 1.82) is 0 Å². The Balaban J connectivity index is 0.00000225. The van der Waals surface area contributed by atoms with Gasteiger partial charge in [-0.2, -0.15) is 0 Å². The molecule has 0 fully saturated rings. The first-order chi connectivity index (χ1) is 7.20. The number of aromatic hydroxyl groups is 1. The number of benzene rings is 1. The molecule has 0 amide bonds. The van der Waals surface area contributed by atoms with Crippen LogP contribution in [-0.4, -0.2) is 18.4 Å². The number of halogens is 2. The van der Waals surface area contributed by atoms with E-state index < -0.39 is 12.7 Å². The van der Waals surface area contributed by atoms with Crippen molar-refractivity contribution in [3.8, 4) is 11.5 Å². The van der Waals surface area contributed by atoms with Gasteiger partial charge in [-0.3, -0.25) is 4.39 Å². The summed E-state index contributed by atoms with van der Waals surface area (Å²) in [6.07, 6.45) is 0.198. The van der Waals surface area contributed by atoms with E-state index in [0.717, 1.165) is 0 Å². The van der Waals surface area contributed by atoms with Gasteiger partial charge < -0.3 is 15.6 Å². The summed E-state index contributed by atoms with van der Waals surface area (Å²) in [6, 6.07) is 4.58. The molecule has 1 aromatic carbocycles. The van der Waals surface area contributed by atoms with Crippen molar-refractivity contribution < 1.29 is 14.2 Å². The first-order valence-electron chi connectivity index (χ1n) is 4.97. The first-order valence-corrected chi connectivity index (χ1v) is 4.97. The quantitative estimate of drug-likeness (QED) is 0.843. The summed E-state index contributed by atoms with van der Waals surface area (Å²) in [5.41, 5.74) is 6.24. The van der Waals surface area contributed by atoms with E-state index in [0.29, 0.717) is 17.9 Å². The summed E-state index contributed by atoms with van der Waals surface area (Å²) in [5.74, 6) is 0.407. The molecular weight excluding hydrogens is 233 g/mol. The van der Waals surface area contributed by atoms with E-state index in [9.17, 15) is 9.50 Å². The Morgan fingerprint density at radius 3 is 2.75 bits per heavy atom. The molecule has 0 aliphatic heterocycles. The topological polar surface area (TPSA) is 55.5 Å². The standard InChI is InChI=1S/C11H16FNO2.ClH/c1-2-15-10-5-3-4-8(11(10)14)9(13)6-7-12;/h3-5,9,14H,2,6-7,13H2,1H3;1H/t9-;/m0./s1. The Labute approximate surface area is 101 Å². The van der Waals surface area contributed by atoms with E-state index in [2.05, 4.69) is 0 Å². The lowest BCUT2D eigenvalue weighted by Crippen LogP contribution is -2.11. The van der Waals surface area contributed by atoms with Crippen LogP contribution in [0.1, 0.15) is 24.9 Å². The zero-order valence-electron chi connectivity index (χ0n) is 9.15. The summed E-state index contributed by atoms with van der Waals surface area (Å²) < 4.78 is 17.3. The van der Waals surface area contributed by atoms with Gasteiger partial charge >= 0.3 is 0 Å². The van der Waals surface area contributed by atoms with Crippen LogP contribution < -0.4 is 10.5 Å². The average Bonchev–Trinajstić information content (AvgIpc) is 2.22. The van der Waals surface area contributed by atoms with Crippen molar-refractivity contribution in [3.05, 3.63) is 23.8 Å². The van der Waals surface area contributed by atoms with Gasteiger partial charge in [-0.25, -0.2) is 0 Å². The predicted molar refractivity (Wildman–Crippen MR) is 64.0 cm³/mol. The third-order valence-electron chi connectivity index (χ3n) is 2.15. The zero-order chi connectivity index (χ0) is 11.3. The first kappa shape index (κ1) is 15.0. The van der Waals surface area contributed by atoms with Crippen LogP contribution in [-0.2, 0) is 0 Å². The van der Waals surface area contributed by atoms with E-state index in [1.54, 1.807) is 18.2 Å². The summed E-state index contributed by atoms with van der Waals surface area (Å²) in [4.78, 5) is 0. The Hall–Kier alpha value is -1.00. The molecule has 0 spiro atoms. The lowest BCUT2D eigenvalue weighted by Gasteiger charge is -2.14. The minimum atomic E-state index is -0.501. The number of hydrogen-bond donors (Lipinski definition) is 2. The van der Waals surface area contributed by atoms with Crippen molar-refractivity contribution in [2.75, 3.05) is 13.3 Å². The molecule has 1 rings (SSSR count). The van der Waals surface area contributed by atoms with Gasteiger partial charge in [0, 0.05) is 11.6 Å². The van der Waals surface area contributed by atoms with Gasteiger partial charge in [0.1, 0.15) is 0 Å². The largest absolute Gasteiger partial charge is 0.504 e. The molecule has 3 nitrogen and oxygen atoms in total. The Morgan fingerprint density at radius 2 is 2.19 bits per heavy atom. The maximum absolute atomic E-state index is 12.1. The number of nitrogens with two attached hydrogens (primary N) is 1. The van der Waals surface area contributed by atoms with Gasteiger partial charge in [-0.15, -0.1) is 12.4 Å². The highest BCUT2D eigenvalue weighted by Crippen LogP contribution is 2.33. The smallest absolute Gasteiger partial charge is 0.162 e. The average molecular weight is 250 g/mol. The normalized spacial score (nSPS) is 11.7. The highest BCUT2D eigenvalue weighted by molar-refractivity contribution is 5.85. The van der Waals surface area contributed by atoms with Crippen LogP contribution in [0.5, 0.6) is 11.5 Å². The number of phenols is 1. The van der Waals surface area contributed by atoms with Crippen molar-refractivity contribution >= 4 is 12.4 Å². The van der Waals surface area contributed by atoms with Crippen LogP contribution in [0.2, 0.25) is 0 Å². The number of hydrogen-bond acceptors (Lipinski definition) is 3. The van der Waals surface area contributed by atoms with Crippen LogP contribution in [0.3, 0.4) is 0 Å². The maximum atomic E-state index is 12.1. The van der Waals surface area contributed by atoms with E-state index in [1.165, 1.54) is 0 Å². The fourth-order valence-corrected chi connectivity index (χ4v) is 1.38. The molecule has 0 aromatic heterocycles. The molecule has 0 saturated heterocycles. The highest BCUT2D eigenvalue weighted by Gasteiger charge is 2.13. The van der Waals surface area contributed by atoms with E-state index in [-0.39, 0.29) is 24.6 Å². The molecule has 0 unspecified atom stereocenters. The molecule has 1 atom stereocenters. The van der Waals surface area contributed by atoms with E-state index in [4.69, 9.17) is 10.5 Å². The molecule has 0 radical (unpaired) electrons. The summed E-state index contributed by atoms with van der Waals surface area (Å²) in [7, 11) is 0. The Morgan fingerprint density at radius 1 is 1.50 bits per heavy atom. The van der Waals surface area contributed by atoms with Crippen LogP contribution in [0, 0.1) is 0 Å². The minimum Gasteiger partial charge on any atom is -0.504 e. The molecule has 92 valence electrons. The lowest BCUT2D eigenvalue weighted by atomic mass is 10.0. The Bertz CT molecular complexity index is 323. The van der Waals surface area contributed by atoms with Crippen molar-refractivity contribution in [2.24, 2.45) is 5.73 Å². The predicted octanol–water partition coefficient (Wildman–Crippen LogP) is 2.57. The lowest BCUT2D eigenvalue weighted by molar-refractivity contribution is 0.315.